The fourth-order valence-electron chi connectivity index (χ4n) is 12.5. The van der Waals surface area contributed by atoms with Gasteiger partial charge in [0, 0.05) is 42.5 Å². The first-order valence-electron chi connectivity index (χ1n) is 22.8. The molecule has 0 saturated heterocycles. The molecule has 0 heterocycles. The molecule has 0 bridgehead atoms. The van der Waals surface area contributed by atoms with E-state index in [0.29, 0.717) is 11.8 Å². The molecule has 0 unspecified atom stereocenters. The number of hydrogen-bond donors (Lipinski definition) is 0. The van der Waals surface area contributed by atoms with Crippen LogP contribution in [0.4, 0.5) is 34.1 Å². The van der Waals surface area contributed by atoms with E-state index in [9.17, 15) is 0 Å². The van der Waals surface area contributed by atoms with Crippen LogP contribution in [0.1, 0.15) is 126 Å². The van der Waals surface area contributed by atoms with Crippen molar-refractivity contribution >= 4 is 66.0 Å². The molecule has 2 nitrogen and oxygen atoms in total. The van der Waals surface area contributed by atoms with E-state index in [1.165, 1.54) is 104 Å². The van der Waals surface area contributed by atoms with Gasteiger partial charge in [0.1, 0.15) is 0 Å². The zero-order valence-corrected chi connectivity index (χ0v) is 42.2. The highest BCUT2D eigenvalue weighted by Gasteiger charge is 2.65. The molecule has 320 valence electrons. The highest BCUT2D eigenvalue weighted by atomic mass is 79.9. The van der Waals surface area contributed by atoms with Crippen LogP contribution in [0.3, 0.4) is 0 Å². The zero-order chi connectivity index (χ0) is 44.3. The second kappa shape index (κ2) is 15.3. The summed E-state index contributed by atoms with van der Waals surface area (Å²) < 4.78 is 2.18. The lowest BCUT2D eigenvalue weighted by Gasteiger charge is -2.48. The van der Waals surface area contributed by atoms with Crippen LogP contribution in [0.25, 0.3) is 11.1 Å². The Bertz CT molecular complexity index is 2460. The molecule has 6 aromatic carbocycles. The summed E-state index contributed by atoms with van der Waals surface area (Å²) >= 11 is 7.48. The third kappa shape index (κ3) is 7.02. The van der Waals surface area contributed by atoms with Crippen molar-refractivity contribution in [2.75, 3.05) is 9.80 Å². The van der Waals surface area contributed by atoms with Crippen molar-refractivity contribution in [3.63, 3.8) is 0 Å². The summed E-state index contributed by atoms with van der Waals surface area (Å²) in [7, 11) is 0. The summed E-state index contributed by atoms with van der Waals surface area (Å²) in [6.07, 6.45) is 4.88. The van der Waals surface area contributed by atoms with Crippen LogP contribution in [0.15, 0.2) is 118 Å². The number of benzene rings is 6. The van der Waals surface area contributed by atoms with Crippen molar-refractivity contribution in [3.8, 4) is 11.1 Å². The number of nitrogens with zero attached hydrogens (tertiary/aromatic N) is 2. The molecule has 4 heteroatoms. The summed E-state index contributed by atoms with van der Waals surface area (Å²) in [4.78, 5) is 5.09. The van der Waals surface area contributed by atoms with Crippen LogP contribution in [0.5, 0.6) is 0 Å². The van der Waals surface area contributed by atoms with Gasteiger partial charge in [-0.15, -0.1) is 0 Å². The van der Waals surface area contributed by atoms with Gasteiger partial charge in [0.05, 0.1) is 11.4 Å². The van der Waals surface area contributed by atoms with E-state index >= 15 is 0 Å². The molecule has 6 aromatic rings. The Kier molecular flexibility index (Phi) is 10.6. The number of rotatable bonds is 6. The van der Waals surface area contributed by atoms with Gasteiger partial charge in [0.25, 0.3) is 0 Å². The molecule has 0 N–H and O–H groups in total. The van der Waals surface area contributed by atoms with Crippen molar-refractivity contribution in [2.45, 2.75) is 130 Å². The Balaban J connectivity index is 1.27. The molecule has 0 atom stereocenters. The van der Waals surface area contributed by atoms with E-state index in [0.717, 1.165) is 8.95 Å². The van der Waals surface area contributed by atoms with Gasteiger partial charge in [-0.2, -0.15) is 0 Å². The molecule has 0 aromatic heterocycles. The van der Waals surface area contributed by atoms with Crippen LogP contribution in [0.2, 0.25) is 0 Å². The molecule has 0 radical (unpaired) electrons. The highest BCUT2D eigenvalue weighted by Crippen LogP contribution is 2.72. The molecule has 3 aliphatic carbocycles. The minimum Gasteiger partial charge on any atom is -0.310 e. The van der Waals surface area contributed by atoms with Gasteiger partial charge >= 0.3 is 0 Å². The second-order valence-electron chi connectivity index (χ2n) is 21.7. The van der Waals surface area contributed by atoms with E-state index in [-0.39, 0.29) is 21.7 Å². The van der Waals surface area contributed by atoms with E-state index in [4.69, 9.17) is 0 Å². The number of hydrogen-bond acceptors (Lipinski definition) is 2. The minimum atomic E-state index is 0.0526. The van der Waals surface area contributed by atoms with Gasteiger partial charge in [-0.3, -0.25) is 0 Å². The van der Waals surface area contributed by atoms with Crippen molar-refractivity contribution in [1.29, 1.82) is 0 Å². The zero-order valence-electron chi connectivity index (χ0n) is 39.0. The number of fused-ring (bicyclic) bond motifs is 3. The van der Waals surface area contributed by atoms with E-state index in [2.05, 4.69) is 234 Å². The van der Waals surface area contributed by atoms with E-state index in [1.54, 1.807) is 11.1 Å². The molecule has 0 amide bonds. The Morgan fingerprint density at radius 3 is 1.02 bits per heavy atom. The predicted molar refractivity (Wildman–Crippen MR) is 273 cm³/mol. The molecule has 2 fully saturated rings. The molecule has 9 rings (SSSR count). The molecular formula is C58H64Br2N2. The smallest absolute Gasteiger partial charge is 0.0520 e. The third-order valence-electron chi connectivity index (χ3n) is 14.9. The fourth-order valence-corrected chi connectivity index (χ4v) is 13.0. The van der Waals surface area contributed by atoms with Gasteiger partial charge in [-0.05, 0) is 204 Å². The average molecular weight is 949 g/mol. The number of aryl methyl sites for hydroxylation is 4. The van der Waals surface area contributed by atoms with Crippen molar-refractivity contribution in [3.05, 3.63) is 163 Å². The van der Waals surface area contributed by atoms with Gasteiger partial charge < -0.3 is 9.80 Å². The van der Waals surface area contributed by atoms with Crippen LogP contribution in [0, 0.1) is 39.5 Å². The molecule has 0 aliphatic heterocycles. The summed E-state index contributed by atoms with van der Waals surface area (Å²) in [6.45, 7) is 28.2. The first-order valence-corrected chi connectivity index (χ1v) is 24.4. The Hall–Kier alpha value is -4.12. The fraction of sp³-hybridized carbons (Fsp3) is 0.379. The maximum Gasteiger partial charge on any atom is 0.0520 e. The molecule has 3 aliphatic rings. The quantitative estimate of drug-likeness (QED) is 0.164. The Morgan fingerprint density at radius 2 is 0.726 bits per heavy atom. The summed E-state index contributed by atoms with van der Waals surface area (Å²) in [5, 5.41) is 0. The molecule has 2 saturated carbocycles. The molecular weight excluding hydrogens is 884 g/mol. The first kappa shape index (κ1) is 43.1. The lowest BCUT2D eigenvalue weighted by atomic mass is 9.55. The van der Waals surface area contributed by atoms with Crippen LogP contribution < -0.4 is 9.80 Å². The topological polar surface area (TPSA) is 6.48 Å². The average Bonchev–Trinajstić information content (AvgIpc) is 3.65. The van der Waals surface area contributed by atoms with Crippen LogP contribution in [-0.2, 0) is 21.7 Å². The number of halogens is 2. The SMILES string of the molecule is Cc1cc(C(C)(C)C)cc(C)c1N(c1ccc(Br)cc1)c1ccc2c(c1)C13CC(C)CC1(CC(C)C3)c1cc(N(c3ccc(Br)cc3)c3c(C)cc(C(C)(C)C)cc3C)ccc1-2. The van der Waals surface area contributed by atoms with Crippen molar-refractivity contribution in [2.24, 2.45) is 11.8 Å². The lowest BCUT2D eigenvalue weighted by molar-refractivity contribution is 0.299. The normalized spacial score (nSPS) is 21.6. The predicted octanol–water partition coefficient (Wildman–Crippen LogP) is 18.0. The summed E-state index contributed by atoms with van der Waals surface area (Å²) in [5.41, 5.74) is 21.6. The second-order valence-corrected chi connectivity index (χ2v) is 23.5. The largest absolute Gasteiger partial charge is 0.310 e. The molecule has 0 spiro atoms. The van der Waals surface area contributed by atoms with Crippen LogP contribution >= 0.6 is 31.9 Å². The van der Waals surface area contributed by atoms with Crippen molar-refractivity contribution in [1.82, 2.24) is 0 Å². The van der Waals surface area contributed by atoms with Gasteiger partial charge in [-0.1, -0.05) is 124 Å². The Morgan fingerprint density at radius 1 is 0.435 bits per heavy atom. The maximum atomic E-state index is 3.74. The minimum absolute atomic E-state index is 0.0526. The number of anilines is 6. The van der Waals surface area contributed by atoms with E-state index < -0.39 is 0 Å². The highest BCUT2D eigenvalue weighted by molar-refractivity contribution is 9.10. The van der Waals surface area contributed by atoms with Crippen molar-refractivity contribution < 1.29 is 0 Å². The van der Waals surface area contributed by atoms with Gasteiger partial charge in [0.2, 0.25) is 0 Å². The third-order valence-corrected chi connectivity index (χ3v) is 15.9. The standard InChI is InChI=1S/C58H64Br2N2/c1-35-31-57-33-36(2)34-58(57,32-35)52-30-48(62(46-19-15-44(60)16-20-46)54-39(5)27-42(28-40(54)6)56(10,11)12)22-24-50(52)49-23-21-47(29-51(49)57)61(45-17-13-43(59)14-18-45)53-37(3)25-41(26-38(53)4)55(7,8)9/h13-30,35-36H,31-34H2,1-12H3. The maximum absolute atomic E-state index is 3.74. The summed E-state index contributed by atoms with van der Waals surface area (Å²) in [5.74, 6) is 1.25. The lowest BCUT2D eigenvalue weighted by Crippen LogP contribution is -2.43. The van der Waals surface area contributed by atoms with Gasteiger partial charge in [-0.25, -0.2) is 0 Å². The summed E-state index contributed by atoms with van der Waals surface area (Å²) in [6, 6.07) is 42.5. The van der Waals surface area contributed by atoms with Gasteiger partial charge in [0.15, 0.2) is 0 Å². The molecule has 62 heavy (non-hydrogen) atoms. The van der Waals surface area contributed by atoms with Crippen LogP contribution in [-0.4, -0.2) is 0 Å². The Labute approximate surface area is 389 Å². The van der Waals surface area contributed by atoms with E-state index in [1.807, 2.05) is 0 Å². The monoisotopic (exact) mass is 946 g/mol. The first-order chi connectivity index (χ1) is 29.2.